The van der Waals surface area contributed by atoms with Gasteiger partial charge >= 0.3 is 5.97 Å². The van der Waals surface area contributed by atoms with Crippen molar-refractivity contribution >= 4 is 11.7 Å². The highest BCUT2D eigenvalue weighted by molar-refractivity contribution is 5.92. The third kappa shape index (κ3) is 2.82. The molecule has 3 nitrogen and oxygen atoms in total. The first-order valence-electron chi connectivity index (χ1n) is 7.80. The molecule has 3 rings (SSSR count). The van der Waals surface area contributed by atoms with Gasteiger partial charge in [0.25, 0.3) is 0 Å². The molecule has 21 heavy (non-hydrogen) atoms. The minimum atomic E-state index is -0.274. The molecule has 0 unspecified atom stereocenters. The van der Waals surface area contributed by atoms with E-state index in [1.54, 1.807) is 6.08 Å². The summed E-state index contributed by atoms with van der Waals surface area (Å²) in [6, 6.07) is 4.62. The van der Waals surface area contributed by atoms with Crippen molar-refractivity contribution in [3.05, 3.63) is 40.5 Å². The second kappa shape index (κ2) is 5.21. The first-order valence-corrected chi connectivity index (χ1v) is 7.80. The number of nitrogens with one attached hydrogen (secondary N) is 1. The van der Waals surface area contributed by atoms with E-state index in [4.69, 9.17) is 4.74 Å². The van der Waals surface area contributed by atoms with Crippen LogP contribution in [0, 0.1) is 0 Å². The predicted octanol–water partition coefficient (Wildman–Crippen LogP) is 3.00. The molecule has 0 spiro atoms. The molecular weight excluding hydrogens is 262 g/mol. The normalized spacial score (nSPS) is 20.6. The highest BCUT2D eigenvalue weighted by Crippen LogP contribution is 2.34. The molecule has 0 saturated carbocycles. The number of benzene rings is 1. The summed E-state index contributed by atoms with van der Waals surface area (Å²) in [6.07, 6.45) is 6.17. The Morgan fingerprint density at radius 1 is 1.29 bits per heavy atom. The largest absolute Gasteiger partial charge is 0.463 e. The maximum atomic E-state index is 11.8. The molecule has 1 aliphatic carbocycles. The summed E-state index contributed by atoms with van der Waals surface area (Å²) in [5, 5.41) is 3.49. The lowest BCUT2D eigenvalue weighted by atomic mass is 9.84. The zero-order chi connectivity index (χ0) is 15.0. The van der Waals surface area contributed by atoms with Crippen LogP contribution >= 0.6 is 0 Å². The number of hydrogen-bond donors (Lipinski definition) is 1. The maximum Gasteiger partial charge on any atom is 0.332 e. The van der Waals surface area contributed by atoms with E-state index in [-0.39, 0.29) is 11.5 Å². The Morgan fingerprint density at radius 3 is 2.71 bits per heavy atom. The fourth-order valence-corrected chi connectivity index (χ4v) is 3.44. The minimum absolute atomic E-state index is 0.0435. The van der Waals surface area contributed by atoms with Crippen molar-refractivity contribution in [2.45, 2.75) is 52.0 Å². The van der Waals surface area contributed by atoms with Gasteiger partial charge in [-0.1, -0.05) is 6.07 Å². The summed E-state index contributed by atoms with van der Waals surface area (Å²) >= 11 is 0. The van der Waals surface area contributed by atoms with Crippen LogP contribution < -0.4 is 5.32 Å². The third-order valence-corrected chi connectivity index (χ3v) is 4.26. The van der Waals surface area contributed by atoms with Crippen LogP contribution in [0.3, 0.4) is 0 Å². The van der Waals surface area contributed by atoms with Gasteiger partial charge in [0.15, 0.2) is 0 Å². The van der Waals surface area contributed by atoms with E-state index in [2.05, 4.69) is 31.3 Å². The number of ether oxygens (including phenoxy) is 1. The zero-order valence-electron chi connectivity index (χ0n) is 13.1. The molecule has 1 aromatic carbocycles. The summed E-state index contributed by atoms with van der Waals surface area (Å²) in [6.45, 7) is 6.57. The highest BCUT2D eigenvalue weighted by Gasteiger charge is 2.29. The van der Waals surface area contributed by atoms with Crippen LogP contribution in [0.2, 0.25) is 0 Å². The maximum absolute atomic E-state index is 11.8. The monoisotopic (exact) mass is 285 g/mol. The van der Waals surface area contributed by atoms with Gasteiger partial charge in [0.2, 0.25) is 0 Å². The number of aryl methyl sites for hydroxylation is 2. The lowest BCUT2D eigenvalue weighted by Crippen LogP contribution is -2.44. The average Bonchev–Trinajstić information content (AvgIpc) is 2.82. The molecule has 1 N–H and O–H groups in total. The van der Waals surface area contributed by atoms with Gasteiger partial charge in [-0.2, -0.15) is 0 Å². The van der Waals surface area contributed by atoms with Gasteiger partial charge in [-0.05, 0) is 69.2 Å². The first-order chi connectivity index (χ1) is 9.98. The molecule has 0 bridgehead atoms. The molecule has 2 aliphatic rings. The molecule has 0 radical (unpaired) electrons. The number of hydrogen-bond acceptors (Lipinski definition) is 3. The number of rotatable bonds is 2. The van der Waals surface area contributed by atoms with Crippen molar-refractivity contribution in [3.8, 4) is 0 Å². The zero-order valence-corrected chi connectivity index (χ0v) is 13.1. The SMILES string of the molecule is CCOC(=O)/C=C1\NC(C)(C)Cc2cc3c(cc21)CCC3. The quantitative estimate of drug-likeness (QED) is 0.670. The Labute approximate surface area is 126 Å². The second-order valence-corrected chi connectivity index (χ2v) is 6.63. The van der Waals surface area contributed by atoms with Crippen molar-refractivity contribution in [3.63, 3.8) is 0 Å². The predicted molar refractivity (Wildman–Crippen MR) is 84.0 cm³/mol. The van der Waals surface area contributed by atoms with Crippen molar-refractivity contribution in [1.29, 1.82) is 0 Å². The fourth-order valence-electron chi connectivity index (χ4n) is 3.44. The molecule has 0 atom stereocenters. The molecule has 112 valence electrons. The summed E-state index contributed by atoms with van der Waals surface area (Å²) in [5.41, 5.74) is 6.29. The van der Waals surface area contributed by atoms with Crippen molar-refractivity contribution in [1.82, 2.24) is 5.32 Å². The van der Waals surface area contributed by atoms with Gasteiger partial charge in [-0.15, -0.1) is 0 Å². The van der Waals surface area contributed by atoms with Crippen LogP contribution in [0.5, 0.6) is 0 Å². The summed E-state index contributed by atoms with van der Waals surface area (Å²) in [4.78, 5) is 11.8. The molecule has 3 heteroatoms. The van der Waals surface area contributed by atoms with Crippen LogP contribution in [0.1, 0.15) is 49.4 Å². The smallest absolute Gasteiger partial charge is 0.332 e. The molecular formula is C18H23NO2. The van der Waals surface area contributed by atoms with E-state index >= 15 is 0 Å². The fraction of sp³-hybridized carbons (Fsp3) is 0.500. The van der Waals surface area contributed by atoms with Gasteiger partial charge in [-0.25, -0.2) is 4.79 Å². The van der Waals surface area contributed by atoms with Crippen LogP contribution in [-0.2, 0) is 28.8 Å². The Bertz CT molecular complexity index is 614. The summed E-state index contributed by atoms with van der Waals surface area (Å²) in [7, 11) is 0. The average molecular weight is 285 g/mol. The van der Waals surface area contributed by atoms with E-state index in [1.807, 2.05) is 6.92 Å². The number of fused-ring (bicyclic) bond motifs is 2. The van der Waals surface area contributed by atoms with Gasteiger partial charge < -0.3 is 10.1 Å². The van der Waals surface area contributed by atoms with E-state index < -0.39 is 0 Å². The molecule has 1 aliphatic heterocycles. The Kier molecular flexibility index (Phi) is 3.52. The lowest BCUT2D eigenvalue weighted by Gasteiger charge is -2.36. The van der Waals surface area contributed by atoms with E-state index in [0.717, 1.165) is 18.5 Å². The topological polar surface area (TPSA) is 38.3 Å². The van der Waals surface area contributed by atoms with Crippen molar-refractivity contribution in [2.75, 3.05) is 6.61 Å². The molecule has 1 aromatic rings. The third-order valence-electron chi connectivity index (χ3n) is 4.26. The molecule has 0 amide bonds. The van der Waals surface area contributed by atoms with Crippen molar-refractivity contribution in [2.24, 2.45) is 0 Å². The number of carbonyl (C=O) groups is 1. The van der Waals surface area contributed by atoms with Crippen LogP contribution in [-0.4, -0.2) is 18.1 Å². The van der Waals surface area contributed by atoms with Crippen molar-refractivity contribution < 1.29 is 9.53 Å². The van der Waals surface area contributed by atoms with Gasteiger partial charge in [-0.3, -0.25) is 0 Å². The Hall–Kier alpha value is -1.77. The number of esters is 1. The molecule has 0 fully saturated rings. The lowest BCUT2D eigenvalue weighted by molar-refractivity contribution is -0.137. The minimum Gasteiger partial charge on any atom is -0.463 e. The van der Waals surface area contributed by atoms with Crippen LogP contribution in [0.15, 0.2) is 18.2 Å². The Morgan fingerprint density at radius 2 is 2.00 bits per heavy atom. The van der Waals surface area contributed by atoms with E-state index in [1.165, 1.54) is 35.1 Å². The highest BCUT2D eigenvalue weighted by atomic mass is 16.5. The van der Waals surface area contributed by atoms with Gasteiger partial charge in [0.1, 0.15) is 0 Å². The second-order valence-electron chi connectivity index (χ2n) is 6.63. The summed E-state index contributed by atoms with van der Waals surface area (Å²) in [5.74, 6) is -0.274. The molecule has 1 heterocycles. The van der Waals surface area contributed by atoms with Gasteiger partial charge in [0, 0.05) is 22.9 Å². The molecule has 0 aromatic heterocycles. The number of carbonyl (C=O) groups excluding carboxylic acids is 1. The standard InChI is InChI=1S/C18H23NO2/c1-4-21-17(20)10-16-15-9-13-7-5-6-12(13)8-14(15)11-18(2,3)19-16/h8-10,19H,4-7,11H2,1-3H3/b16-10-. The van der Waals surface area contributed by atoms with Crippen LogP contribution in [0.25, 0.3) is 5.70 Å². The van der Waals surface area contributed by atoms with E-state index in [9.17, 15) is 4.79 Å². The first kappa shape index (κ1) is 14.2. The molecule has 0 saturated heterocycles. The van der Waals surface area contributed by atoms with Gasteiger partial charge in [0.05, 0.1) is 6.61 Å². The van der Waals surface area contributed by atoms with Crippen LogP contribution in [0.4, 0.5) is 0 Å². The summed E-state index contributed by atoms with van der Waals surface area (Å²) < 4.78 is 5.07. The van der Waals surface area contributed by atoms with E-state index in [0.29, 0.717) is 6.61 Å². The Balaban J connectivity index is 2.05.